The highest BCUT2D eigenvalue weighted by atomic mass is 16.5. The van der Waals surface area contributed by atoms with Crippen LogP contribution in [-0.4, -0.2) is 52.0 Å². The zero-order chi connectivity index (χ0) is 13.8. The third-order valence-corrected chi connectivity index (χ3v) is 4.73. The van der Waals surface area contributed by atoms with Gasteiger partial charge in [0.1, 0.15) is 0 Å². The molecule has 1 amide bonds. The second-order valence-electron chi connectivity index (χ2n) is 5.89. The van der Waals surface area contributed by atoms with Gasteiger partial charge in [-0.2, -0.15) is 0 Å². The van der Waals surface area contributed by atoms with Crippen LogP contribution in [0.4, 0.5) is 0 Å². The van der Waals surface area contributed by atoms with Gasteiger partial charge in [0.25, 0.3) is 0 Å². The Balaban J connectivity index is 1.92. The molecule has 0 atom stereocenters. The molecule has 1 saturated heterocycles. The molecule has 5 nitrogen and oxygen atoms in total. The maximum absolute atomic E-state index is 12.5. The van der Waals surface area contributed by atoms with Gasteiger partial charge >= 0.3 is 0 Å². The Bertz CT molecular complexity index is 299. The van der Waals surface area contributed by atoms with Gasteiger partial charge < -0.3 is 20.1 Å². The second-order valence-corrected chi connectivity index (χ2v) is 5.89. The highest BCUT2D eigenvalue weighted by molar-refractivity contribution is 5.83. The van der Waals surface area contributed by atoms with E-state index in [9.17, 15) is 4.79 Å². The Labute approximate surface area is 115 Å². The van der Waals surface area contributed by atoms with Gasteiger partial charge in [-0.25, -0.2) is 0 Å². The highest BCUT2D eigenvalue weighted by Crippen LogP contribution is 2.35. The number of methoxy groups -OCH3 is 2. The van der Waals surface area contributed by atoms with Gasteiger partial charge in [0.15, 0.2) is 0 Å². The van der Waals surface area contributed by atoms with Gasteiger partial charge in [-0.05, 0) is 45.2 Å². The molecular formula is C14H26N2O3. The quantitative estimate of drug-likeness (QED) is 0.745. The SMILES string of the molecule is COCC1(C(=O)NCC2(OC)CCC2)CCNCC1. The molecule has 0 aromatic rings. The van der Waals surface area contributed by atoms with Crippen LogP contribution in [0.2, 0.25) is 0 Å². The monoisotopic (exact) mass is 270 g/mol. The summed E-state index contributed by atoms with van der Waals surface area (Å²) in [6.45, 7) is 2.89. The molecule has 1 saturated carbocycles. The Morgan fingerprint density at radius 3 is 2.37 bits per heavy atom. The third kappa shape index (κ3) is 3.09. The van der Waals surface area contributed by atoms with Crippen LogP contribution in [0, 0.1) is 5.41 Å². The smallest absolute Gasteiger partial charge is 0.228 e. The molecule has 2 fully saturated rings. The molecule has 0 radical (unpaired) electrons. The van der Waals surface area contributed by atoms with Crippen molar-refractivity contribution in [1.29, 1.82) is 0 Å². The molecule has 0 spiro atoms. The summed E-state index contributed by atoms with van der Waals surface area (Å²) >= 11 is 0. The summed E-state index contributed by atoms with van der Waals surface area (Å²) in [4.78, 5) is 12.5. The van der Waals surface area contributed by atoms with Crippen LogP contribution in [-0.2, 0) is 14.3 Å². The van der Waals surface area contributed by atoms with Crippen molar-refractivity contribution in [2.75, 3.05) is 40.5 Å². The number of hydrogen-bond acceptors (Lipinski definition) is 4. The molecule has 0 aromatic heterocycles. The van der Waals surface area contributed by atoms with Crippen molar-refractivity contribution in [3.05, 3.63) is 0 Å². The lowest BCUT2D eigenvalue weighted by atomic mass is 9.77. The molecule has 1 aliphatic heterocycles. The highest BCUT2D eigenvalue weighted by Gasteiger charge is 2.42. The van der Waals surface area contributed by atoms with E-state index >= 15 is 0 Å². The first-order valence-electron chi connectivity index (χ1n) is 7.20. The van der Waals surface area contributed by atoms with Crippen molar-refractivity contribution in [1.82, 2.24) is 10.6 Å². The van der Waals surface area contributed by atoms with Crippen molar-refractivity contribution < 1.29 is 14.3 Å². The summed E-state index contributed by atoms with van der Waals surface area (Å²) in [7, 11) is 3.40. The molecule has 5 heteroatoms. The van der Waals surface area contributed by atoms with E-state index in [2.05, 4.69) is 10.6 Å². The lowest BCUT2D eigenvalue weighted by Crippen LogP contribution is -2.55. The van der Waals surface area contributed by atoms with E-state index in [1.54, 1.807) is 14.2 Å². The fourth-order valence-corrected chi connectivity index (χ4v) is 3.07. The third-order valence-electron chi connectivity index (χ3n) is 4.73. The van der Waals surface area contributed by atoms with Gasteiger partial charge in [-0.1, -0.05) is 0 Å². The molecule has 2 N–H and O–H groups in total. The van der Waals surface area contributed by atoms with Crippen LogP contribution in [0.1, 0.15) is 32.1 Å². The molecule has 1 aliphatic carbocycles. The number of carbonyl (C=O) groups excluding carboxylic acids is 1. The van der Waals surface area contributed by atoms with Crippen molar-refractivity contribution in [2.45, 2.75) is 37.7 Å². The number of amides is 1. The van der Waals surface area contributed by atoms with Gasteiger partial charge in [-0.15, -0.1) is 0 Å². The maximum Gasteiger partial charge on any atom is 0.228 e. The first-order valence-corrected chi connectivity index (χ1v) is 7.20. The summed E-state index contributed by atoms with van der Waals surface area (Å²) in [5, 5.41) is 6.40. The van der Waals surface area contributed by atoms with Gasteiger partial charge in [0.05, 0.1) is 17.6 Å². The topological polar surface area (TPSA) is 59.6 Å². The van der Waals surface area contributed by atoms with Crippen LogP contribution in [0.3, 0.4) is 0 Å². The van der Waals surface area contributed by atoms with Crippen LogP contribution in [0.15, 0.2) is 0 Å². The largest absolute Gasteiger partial charge is 0.384 e. The van der Waals surface area contributed by atoms with Crippen LogP contribution in [0.5, 0.6) is 0 Å². The summed E-state index contributed by atoms with van der Waals surface area (Å²) < 4.78 is 10.8. The fraction of sp³-hybridized carbons (Fsp3) is 0.929. The maximum atomic E-state index is 12.5. The zero-order valence-corrected chi connectivity index (χ0v) is 12.1. The van der Waals surface area contributed by atoms with Gasteiger partial charge in [-0.3, -0.25) is 4.79 Å². The van der Waals surface area contributed by atoms with Crippen molar-refractivity contribution in [3.8, 4) is 0 Å². The Hall–Kier alpha value is -0.650. The van der Waals surface area contributed by atoms with E-state index < -0.39 is 0 Å². The normalized spacial score (nSPS) is 24.5. The summed E-state index contributed by atoms with van der Waals surface area (Å²) in [5.41, 5.74) is -0.477. The number of nitrogens with one attached hydrogen (secondary N) is 2. The summed E-state index contributed by atoms with van der Waals surface area (Å²) in [6.07, 6.45) is 4.96. The Morgan fingerprint density at radius 1 is 1.21 bits per heavy atom. The predicted molar refractivity (Wildman–Crippen MR) is 73.0 cm³/mol. The van der Waals surface area contributed by atoms with Gasteiger partial charge in [0, 0.05) is 20.8 Å². The Morgan fingerprint density at radius 2 is 1.89 bits per heavy atom. The minimum atomic E-state index is -0.362. The van der Waals surface area contributed by atoms with E-state index in [1.807, 2.05) is 0 Å². The average Bonchev–Trinajstić information content (AvgIpc) is 2.39. The summed E-state index contributed by atoms with van der Waals surface area (Å²) in [6, 6.07) is 0. The number of ether oxygens (including phenoxy) is 2. The van der Waals surface area contributed by atoms with E-state index in [0.717, 1.165) is 38.8 Å². The van der Waals surface area contributed by atoms with E-state index in [-0.39, 0.29) is 16.9 Å². The standard InChI is InChI=1S/C14H26N2O3/c1-18-11-13(6-8-15-9-7-13)12(17)16-10-14(19-2)4-3-5-14/h15H,3-11H2,1-2H3,(H,16,17). The van der Waals surface area contributed by atoms with Crippen LogP contribution >= 0.6 is 0 Å². The zero-order valence-electron chi connectivity index (χ0n) is 12.1. The molecule has 2 rings (SSSR count). The van der Waals surface area contributed by atoms with Crippen molar-refractivity contribution in [3.63, 3.8) is 0 Å². The minimum Gasteiger partial charge on any atom is -0.384 e. The van der Waals surface area contributed by atoms with Crippen LogP contribution < -0.4 is 10.6 Å². The minimum absolute atomic E-state index is 0.114. The first kappa shape index (κ1) is 14.8. The molecule has 1 heterocycles. The number of rotatable bonds is 6. The Kier molecular flexibility index (Phi) is 4.81. The van der Waals surface area contributed by atoms with Crippen LogP contribution in [0.25, 0.3) is 0 Å². The lowest BCUT2D eigenvalue weighted by molar-refractivity contribution is -0.139. The van der Waals surface area contributed by atoms with Crippen molar-refractivity contribution >= 4 is 5.91 Å². The number of hydrogen-bond donors (Lipinski definition) is 2. The molecule has 0 aromatic carbocycles. The average molecular weight is 270 g/mol. The van der Waals surface area contributed by atoms with E-state index in [1.165, 1.54) is 6.42 Å². The fourth-order valence-electron chi connectivity index (χ4n) is 3.07. The summed E-state index contributed by atoms with van der Waals surface area (Å²) in [5.74, 6) is 0.124. The molecular weight excluding hydrogens is 244 g/mol. The molecule has 0 bridgehead atoms. The van der Waals surface area contributed by atoms with Gasteiger partial charge in [0.2, 0.25) is 5.91 Å². The molecule has 110 valence electrons. The van der Waals surface area contributed by atoms with E-state index in [0.29, 0.717) is 13.2 Å². The van der Waals surface area contributed by atoms with E-state index in [4.69, 9.17) is 9.47 Å². The molecule has 2 aliphatic rings. The molecule has 19 heavy (non-hydrogen) atoms. The first-order chi connectivity index (χ1) is 9.16. The van der Waals surface area contributed by atoms with Crippen molar-refractivity contribution in [2.24, 2.45) is 5.41 Å². The lowest BCUT2D eigenvalue weighted by Gasteiger charge is -2.42. The molecule has 0 unspecified atom stereocenters. The number of carbonyl (C=O) groups is 1. The predicted octanol–water partition coefficient (Wildman–Crippen LogP) is 0.688. The second kappa shape index (κ2) is 6.20. The number of piperidine rings is 1.